The summed E-state index contributed by atoms with van der Waals surface area (Å²) >= 11 is 0. The van der Waals surface area contributed by atoms with E-state index in [4.69, 9.17) is 14.2 Å². The summed E-state index contributed by atoms with van der Waals surface area (Å²) in [5, 5.41) is 15.9. The molecular weight excluding hydrogens is 448 g/mol. The number of aliphatic hydroxyl groups is 1. The first-order chi connectivity index (χ1) is 17.0. The molecule has 0 bridgehead atoms. The number of amides is 2. The Kier molecular flexibility index (Phi) is 6.92. The molecule has 35 heavy (non-hydrogen) atoms. The van der Waals surface area contributed by atoms with Crippen molar-refractivity contribution in [2.75, 3.05) is 19.0 Å². The minimum atomic E-state index is -0.527. The molecule has 0 radical (unpaired) electrons. The van der Waals surface area contributed by atoms with E-state index in [9.17, 15) is 14.7 Å². The highest BCUT2D eigenvalue weighted by Gasteiger charge is 2.46. The Labute approximate surface area is 205 Å². The molecule has 0 unspecified atom stereocenters. The summed E-state index contributed by atoms with van der Waals surface area (Å²) in [5.41, 5.74) is 2.63. The summed E-state index contributed by atoms with van der Waals surface area (Å²) in [6.45, 7) is 0.167. The van der Waals surface area contributed by atoms with Crippen LogP contribution in [0.3, 0.4) is 0 Å². The van der Waals surface area contributed by atoms with E-state index in [1.165, 1.54) is 0 Å². The van der Waals surface area contributed by atoms with Crippen LogP contribution in [0.4, 0.5) is 5.69 Å². The van der Waals surface area contributed by atoms with Gasteiger partial charge in [-0.15, -0.1) is 0 Å². The van der Waals surface area contributed by atoms with Crippen molar-refractivity contribution in [1.29, 1.82) is 0 Å². The molecule has 4 atom stereocenters. The van der Waals surface area contributed by atoms with Crippen molar-refractivity contribution in [2.45, 2.75) is 62.9 Å². The second-order valence-electron chi connectivity index (χ2n) is 9.64. The second kappa shape index (κ2) is 10.3. The van der Waals surface area contributed by atoms with E-state index in [0.29, 0.717) is 25.3 Å². The third-order valence-electron chi connectivity index (χ3n) is 7.04. The molecule has 2 aliphatic heterocycles. The summed E-state index contributed by atoms with van der Waals surface area (Å²) in [6.07, 6.45) is 2.40. The fraction of sp³-hybridized carbons (Fsp3) is 0.481. The zero-order valence-corrected chi connectivity index (χ0v) is 19.9. The maximum atomic E-state index is 12.7. The van der Waals surface area contributed by atoms with E-state index >= 15 is 0 Å². The molecule has 3 N–H and O–H groups in total. The Bertz CT molecular complexity index is 1090. The Morgan fingerprint density at radius 2 is 1.94 bits per heavy atom. The van der Waals surface area contributed by atoms with Crippen LogP contribution in [0.15, 0.2) is 42.5 Å². The van der Waals surface area contributed by atoms with Gasteiger partial charge in [-0.1, -0.05) is 18.2 Å². The number of aliphatic hydroxyl groups excluding tert-OH is 1. The number of hydrogen-bond acceptors (Lipinski definition) is 6. The molecule has 1 saturated heterocycles. The average Bonchev–Trinajstić information content (AvgIpc) is 3.60. The molecule has 3 aliphatic rings. The predicted molar refractivity (Wildman–Crippen MR) is 129 cm³/mol. The minimum Gasteiger partial charge on any atom is -0.496 e. The van der Waals surface area contributed by atoms with Crippen LogP contribution in [0.2, 0.25) is 0 Å². The van der Waals surface area contributed by atoms with Crippen molar-refractivity contribution in [2.24, 2.45) is 5.92 Å². The van der Waals surface area contributed by atoms with Gasteiger partial charge in [-0.05, 0) is 49.4 Å². The van der Waals surface area contributed by atoms with Gasteiger partial charge >= 0.3 is 0 Å². The minimum absolute atomic E-state index is 0.0248. The smallest absolute Gasteiger partial charge is 0.224 e. The molecule has 0 aromatic heterocycles. The van der Waals surface area contributed by atoms with Gasteiger partial charge in [0.2, 0.25) is 11.8 Å². The van der Waals surface area contributed by atoms with Crippen molar-refractivity contribution in [3.05, 3.63) is 53.6 Å². The number of carbonyl (C=O) groups excluding carboxylic acids is 2. The normalized spacial score (nSPS) is 24.6. The van der Waals surface area contributed by atoms with Gasteiger partial charge in [-0.25, -0.2) is 0 Å². The van der Waals surface area contributed by atoms with Crippen molar-refractivity contribution in [3.63, 3.8) is 0 Å². The molecule has 2 fully saturated rings. The molecule has 186 valence electrons. The van der Waals surface area contributed by atoms with Gasteiger partial charge in [-0.3, -0.25) is 9.59 Å². The third-order valence-corrected chi connectivity index (χ3v) is 7.04. The van der Waals surface area contributed by atoms with Crippen LogP contribution in [0, 0.1) is 5.92 Å². The van der Waals surface area contributed by atoms with E-state index in [1.54, 1.807) is 7.11 Å². The van der Waals surface area contributed by atoms with Gasteiger partial charge in [0.1, 0.15) is 23.7 Å². The third kappa shape index (κ3) is 5.44. The predicted octanol–water partition coefficient (Wildman–Crippen LogP) is 3.13. The summed E-state index contributed by atoms with van der Waals surface area (Å²) in [5.74, 6) is 1.87. The van der Waals surface area contributed by atoms with Crippen molar-refractivity contribution < 1.29 is 28.9 Å². The number of ether oxygens (including phenoxy) is 3. The number of hydrogen-bond donors (Lipinski definition) is 3. The molecule has 2 aromatic carbocycles. The van der Waals surface area contributed by atoms with Gasteiger partial charge in [-0.2, -0.15) is 0 Å². The van der Waals surface area contributed by atoms with Gasteiger partial charge < -0.3 is 30.0 Å². The second-order valence-corrected chi connectivity index (χ2v) is 9.64. The highest BCUT2D eigenvalue weighted by molar-refractivity contribution is 5.91. The highest BCUT2D eigenvalue weighted by Crippen LogP contribution is 2.47. The molecule has 5 rings (SSSR count). The molecule has 8 nitrogen and oxygen atoms in total. The molecule has 2 amide bonds. The summed E-state index contributed by atoms with van der Waals surface area (Å²) in [4.78, 5) is 25.0. The molecule has 1 aliphatic carbocycles. The fourth-order valence-corrected chi connectivity index (χ4v) is 5.08. The Morgan fingerprint density at radius 1 is 1.11 bits per heavy atom. The highest BCUT2D eigenvalue weighted by atomic mass is 16.6. The number of fused-ring (bicyclic) bond motifs is 3. The molecule has 0 spiro atoms. The SMILES string of the molecule is COc1ccccc1CNC(=O)C[C@@H]1C[C@@H]2c3cc(NC(=O)CC4CC4)ccc3O[C@@H]2[C@@H](CO)O1. The van der Waals surface area contributed by atoms with Crippen LogP contribution >= 0.6 is 0 Å². The molecule has 8 heteroatoms. The Hall–Kier alpha value is -3.10. The maximum absolute atomic E-state index is 12.7. The number of benzene rings is 2. The molecule has 2 aromatic rings. The molecule has 2 heterocycles. The van der Waals surface area contributed by atoms with Gasteiger partial charge in [0.05, 0.1) is 26.2 Å². The lowest BCUT2D eigenvalue weighted by Crippen LogP contribution is -2.47. The summed E-state index contributed by atoms with van der Waals surface area (Å²) in [6, 6.07) is 13.2. The van der Waals surface area contributed by atoms with Crippen LogP contribution in [0.5, 0.6) is 11.5 Å². The topological polar surface area (TPSA) is 106 Å². The van der Waals surface area contributed by atoms with Gasteiger partial charge in [0.25, 0.3) is 0 Å². The number of para-hydroxylation sites is 1. The lowest BCUT2D eigenvalue weighted by molar-refractivity contribution is -0.142. The maximum Gasteiger partial charge on any atom is 0.224 e. The Morgan fingerprint density at radius 3 is 2.71 bits per heavy atom. The van der Waals surface area contributed by atoms with E-state index < -0.39 is 6.10 Å². The number of rotatable bonds is 9. The number of carbonyl (C=O) groups is 2. The largest absolute Gasteiger partial charge is 0.496 e. The van der Waals surface area contributed by atoms with Crippen LogP contribution in [0.1, 0.15) is 49.1 Å². The summed E-state index contributed by atoms with van der Waals surface area (Å²) in [7, 11) is 1.60. The van der Waals surface area contributed by atoms with Crippen LogP contribution < -0.4 is 20.1 Å². The monoisotopic (exact) mass is 480 g/mol. The van der Waals surface area contributed by atoms with Gasteiger partial charge in [0.15, 0.2) is 0 Å². The van der Waals surface area contributed by atoms with E-state index in [2.05, 4.69) is 10.6 Å². The lowest BCUT2D eigenvalue weighted by Gasteiger charge is -2.37. The standard InChI is InChI=1S/C27H32N2O6/c1-33-22-5-3-2-4-17(22)14-28-25(31)13-19-12-21-20-11-18(29-26(32)10-16-6-7-16)8-9-23(20)35-27(21)24(15-30)34-19/h2-5,8-9,11,16,19,21,24,27,30H,6-7,10,12-15H2,1H3,(H,28,31)(H,29,32)/t19-,21+,24+,27-/m0/s1. The quantitative estimate of drug-likeness (QED) is 0.509. The van der Waals surface area contributed by atoms with Gasteiger partial charge in [0, 0.05) is 35.7 Å². The van der Waals surface area contributed by atoms with E-state index in [-0.39, 0.29) is 43.0 Å². The first kappa shape index (κ1) is 23.6. The number of methoxy groups -OCH3 is 1. The molecule has 1 saturated carbocycles. The first-order valence-corrected chi connectivity index (χ1v) is 12.3. The number of nitrogens with one attached hydrogen (secondary N) is 2. The lowest BCUT2D eigenvalue weighted by atomic mass is 9.84. The van der Waals surface area contributed by atoms with E-state index in [0.717, 1.165) is 41.2 Å². The summed E-state index contributed by atoms with van der Waals surface area (Å²) < 4.78 is 17.5. The zero-order chi connectivity index (χ0) is 24.4. The van der Waals surface area contributed by atoms with Crippen LogP contribution in [-0.2, 0) is 20.9 Å². The van der Waals surface area contributed by atoms with Crippen LogP contribution in [0.25, 0.3) is 0 Å². The first-order valence-electron chi connectivity index (χ1n) is 12.3. The van der Waals surface area contributed by atoms with E-state index in [1.807, 2.05) is 42.5 Å². The fourth-order valence-electron chi connectivity index (χ4n) is 5.08. The molecular formula is C27H32N2O6. The van der Waals surface area contributed by atoms with Crippen molar-refractivity contribution in [3.8, 4) is 11.5 Å². The average molecular weight is 481 g/mol. The Balaban J connectivity index is 1.23. The van der Waals surface area contributed by atoms with Crippen molar-refractivity contribution >= 4 is 17.5 Å². The van der Waals surface area contributed by atoms with Crippen molar-refractivity contribution in [1.82, 2.24) is 5.32 Å². The van der Waals surface area contributed by atoms with Crippen LogP contribution in [-0.4, -0.2) is 48.9 Å². The zero-order valence-electron chi connectivity index (χ0n) is 19.9. The number of anilines is 1.